The molecule has 96 valence electrons. The molecule has 0 aliphatic heterocycles. The average Bonchev–Trinajstić information content (AvgIpc) is 2.81. The molecular formula is C15H14FN3. The van der Waals surface area contributed by atoms with E-state index in [9.17, 15) is 4.39 Å². The molecule has 0 fully saturated rings. The normalized spacial score (nSPS) is 12.5. The monoisotopic (exact) mass is 255 g/mol. The Labute approximate surface area is 110 Å². The molecule has 19 heavy (non-hydrogen) atoms. The minimum atomic E-state index is -0.210. The highest BCUT2D eigenvalue weighted by molar-refractivity contribution is 5.77. The Bertz CT molecular complexity index is 672. The number of para-hydroxylation sites is 2. The topological polar surface area (TPSA) is 40.7 Å². The predicted molar refractivity (Wildman–Crippen MR) is 74.5 cm³/mol. The largest absolute Gasteiger partial charge is 0.349 e. The van der Waals surface area contributed by atoms with Gasteiger partial charge in [0.2, 0.25) is 5.95 Å². The molecule has 0 saturated heterocycles. The Hall–Kier alpha value is -2.36. The molecule has 1 heterocycles. The quantitative estimate of drug-likeness (QED) is 0.745. The first-order valence-electron chi connectivity index (χ1n) is 6.20. The molecule has 1 atom stereocenters. The molecule has 0 spiro atoms. The summed E-state index contributed by atoms with van der Waals surface area (Å²) < 4.78 is 13.7. The summed E-state index contributed by atoms with van der Waals surface area (Å²) in [6.45, 7) is 1.91. The lowest BCUT2D eigenvalue weighted by molar-refractivity contribution is 0.600. The molecule has 0 amide bonds. The van der Waals surface area contributed by atoms with Gasteiger partial charge in [0.05, 0.1) is 17.1 Å². The molecule has 3 aromatic rings. The second-order valence-corrected chi connectivity index (χ2v) is 4.49. The van der Waals surface area contributed by atoms with Crippen LogP contribution in [-0.4, -0.2) is 9.97 Å². The third-order valence-electron chi connectivity index (χ3n) is 3.11. The number of halogens is 1. The van der Waals surface area contributed by atoms with E-state index in [1.807, 2.05) is 37.3 Å². The van der Waals surface area contributed by atoms with Crippen LogP contribution in [0.1, 0.15) is 18.5 Å². The summed E-state index contributed by atoms with van der Waals surface area (Å²) >= 11 is 0. The van der Waals surface area contributed by atoms with Gasteiger partial charge in [0.25, 0.3) is 0 Å². The number of H-pyrrole nitrogens is 1. The summed E-state index contributed by atoms with van der Waals surface area (Å²) in [4.78, 5) is 7.59. The fourth-order valence-corrected chi connectivity index (χ4v) is 2.13. The van der Waals surface area contributed by atoms with E-state index in [1.54, 1.807) is 12.1 Å². The van der Waals surface area contributed by atoms with Gasteiger partial charge in [-0.15, -0.1) is 0 Å². The van der Waals surface area contributed by atoms with Gasteiger partial charge in [-0.2, -0.15) is 0 Å². The lowest BCUT2D eigenvalue weighted by atomic mass is 10.1. The van der Waals surface area contributed by atoms with E-state index in [0.29, 0.717) is 11.5 Å². The van der Waals surface area contributed by atoms with E-state index in [2.05, 4.69) is 15.3 Å². The summed E-state index contributed by atoms with van der Waals surface area (Å²) in [5.74, 6) is 0.440. The lowest BCUT2D eigenvalue weighted by Gasteiger charge is -2.13. The SMILES string of the molecule is CC(Nc1nc2ccccc2[nH]1)c1ccccc1F. The molecule has 1 aromatic heterocycles. The molecule has 1 unspecified atom stereocenters. The molecule has 0 bridgehead atoms. The van der Waals surface area contributed by atoms with Gasteiger partial charge >= 0.3 is 0 Å². The minimum Gasteiger partial charge on any atom is -0.349 e. The van der Waals surface area contributed by atoms with Gasteiger partial charge in [0, 0.05) is 5.56 Å². The highest BCUT2D eigenvalue weighted by atomic mass is 19.1. The zero-order chi connectivity index (χ0) is 13.2. The number of nitrogens with zero attached hydrogens (tertiary/aromatic N) is 1. The Balaban J connectivity index is 1.86. The van der Waals surface area contributed by atoms with Gasteiger partial charge < -0.3 is 10.3 Å². The summed E-state index contributed by atoms with van der Waals surface area (Å²) in [7, 11) is 0. The van der Waals surface area contributed by atoms with E-state index in [0.717, 1.165) is 11.0 Å². The fourth-order valence-electron chi connectivity index (χ4n) is 2.13. The third-order valence-corrected chi connectivity index (χ3v) is 3.11. The highest BCUT2D eigenvalue weighted by Crippen LogP contribution is 2.21. The van der Waals surface area contributed by atoms with Gasteiger partial charge in [0.15, 0.2) is 0 Å². The van der Waals surface area contributed by atoms with Gasteiger partial charge in [-0.05, 0) is 25.1 Å². The second-order valence-electron chi connectivity index (χ2n) is 4.49. The van der Waals surface area contributed by atoms with Crippen LogP contribution in [0, 0.1) is 5.82 Å². The summed E-state index contributed by atoms with van der Waals surface area (Å²) in [5, 5.41) is 3.18. The number of hydrogen-bond donors (Lipinski definition) is 2. The van der Waals surface area contributed by atoms with Gasteiger partial charge in [-0.1, -0.05) is 30.3 Å². The number of anilines is 1. The van der Waals surface area contributed by atoms with Crippen molar-refractivity contribution in [2.75, 3.05) is 5.32 Å². The van der Waals surface area contributed by atoms with E-state index in [-0.39, 0.29) is 11.9 Å². The van der Waals surface area contributed by atoms with Crippen molar-refractivity contribution in [2.24, 2.45) is 0 Å². The lowest BCUT2D eigenvalue weighted by Crippen LogP contribution is -2.09. The van der Waals surface area contributed by atoms with Crippen molar-refractivity contribution in [3.8, 4) is 0 Å². The number of benzene rings is 2. The second kappa shape index (κ2) is 4.72. The van der Waals surface area contributed by atoms with Crippen LogP contribution in [0.15, 0.2) is 48.5 Å². The van der Waals surface area contributed by atoms with Crippen LogP contribution in [0.3, 0.4) is 0 Å². The fraction of sp³-hybridized carbons (Fsp3) is 0.133. The number of nitrogens with one attached hydrogen (secondary N) is 2. The number of aromatic amines is 1. The van der Waals surface area contributed by atoms with E-state index in [4.69, 9.17) is 0 Å². The van der Waals surface area contributed by atoms with Crippen LogP contribution < -0.4 is 5.32 Å². The molecule has 3 rings (SSSR count). The molecule has 2 N–H and O–H groups in total. The number of aromatic nitrogens is 2. The van der Waals surface area contributed by atoms with Crippen molar-refractivity contribution < 1.29 is 4.39 Å². The van der Waals surface area contributed by atoms with Crippen molar-refractivity contribution in [1.82, 2.24) is 9.97 Å². The molecule has 0 saturated carbocycles. The smallest absolute Gasteiger partial charge is 0.201 e. The maximum atomic E-state index is 13.7. The van der Waals surface area contributed by atoms with E-state index >= 15 is 0 Å². The van der Waals surface area contributed by atoms with Gasteiger partial charge in [-0.3, -0.25) is 0 Å². The molecule has 4 heteroatoms. The van der Waals surface area contributed by atoms with Crippen molar-refractivity contribution in [3.05, 3.63) is 59.9 Å². The van der Waals surface area contributed by atoms with E-state index in [1.165, 1.54) is 6.07 Å². The van der Waals surface area contributed by atoms with E-state index < -0.39 is 0 Å². The van der Waals surface area contributed by atoms with Crippen molar-refractivity contribution in [3.63, 3.8) is 0 Å². The Morgan fingerprint density at radius 3 is 2.63 bits per heavy atom. The third kappa shape index (κ3) is 2.29. The maximum Gasteiger partial charge on any atom is 0.201 e. The molecule has 0 aliphatic carbocycles. The first-order chi connectivity index (χ1) is 9.24. The van der Waals surface area contributed by atoms with Crippen LogP contribution >= 0.6 is 0 Å². The average molecular weight is 255 g/mol. The van der Waals surface area contributed by atoms with Gasteiger partial charge in [0.1, 0.15) is 5.82 Å². The van der Waals surface area contributed by atoms with Crippen LogP contribution in [0.4, 0.5) is 10.3 Å². The van der Waals surface area contributed by atoms with Gasteiger partial charge in [-0.25, -0.2) is 9.37 Å². The Kier molecular flexibility index (Phi) is 2.91. The van der Waals surface area contributed by atoms with Crippen LogP contribution in [0.2, 0.25) is 0 Å². The minimum absolute atomic E-state index is 0.151. The van der Waals surface area contributed by atoms with Crippen LogP contribution in [0.25, 0.3) is 11.0 Å². The predicted octanol–water partition coefficient (Wildman–Crippen LogP) is 3.88. The number of hydrogen-bond acceptors (Lipinski definition) is 2. The standard InChI is InChI=1S/C15H14FN3/c1-10(11-6-2-3-7-12(11)16)17-15-18-13-8-4-5-9-14(13)19-15/h2-10H,1H3,(H2,17,18,19). The zero-order valence-corrected chi connectivity index (χ0v) is 10.5. The number of fused-ring (bicyclic) bond motifs is 1. The molecular weight excluding hydrogens is 241 g/mol. The van der Waals surface area contributed by atoms with Crippen molar-refractivity contribution in [2.45, 2.75) is 13.0 Å². The zero-order valence-electron chi connectivity index (χ0n) is 10.5. The Morgan fingerprint density at radius 1 is 1.11 bits per heavy atom. The number of imidazole rings is 1. The molecule has 2 aromatic carbocycles. The molecule has 0 radical (unpaired) electrons. The first-order valence-corrected chi connectivity index (χ1v) is 6.20. The van der Waals surface area contributed by atoms with Crippen LogP contribution in [-0.2, 0) is 0 Å². The maximum absolute atomic E-state index is 13.7. The highest BCUT2D eigenvalue weighted by Gasteiger charge is 2.11. The first kappa shape index (κ1) is 11.7. The Morgan fingerprint density at radius 2 is 1.84 bits per heavy atom. The van der Waals surface area contributed by atoms with Crippen molar-refractivity contribution in [1.29, 1.82) is 0 Å². The number of rotatable bonds is 3. The van der Waals surface area contributed by atoms with Crippen molar-refractivity contribution >= 4 is 17.0 Å². The molecule has 0 aliphatic rings. The summed E-state index contributed by atoms with van der Waals surface area (Å²) in [6.07, 6.45) is 0. The summed E-state index contributed by atoms with van der Waals surface area (Å²) in [6, 6.07) is 14.4. The van der Waals surface area contributed by atoms with Crippen LogP contribution in [0.5, 0.6) is 0 Å². The summed E-state index contributed by atoms with van der Waals surface area (Å²) in [5.41, 5.74) is 2.49. The molecule has 3 nitrogen and oxygen atoms in total.